The molecule has 1 aromatic carbocycles. The molecule has 2 rings (SSSR count). The Morgan fingerprint density at radius 3 is 2.76 bits per heavy atom. The van der Waals surface area contributed by atoms with Crippen molar-refractivity contribution < 1.29 is 22.7 Å². The number of benzene rings is 1. The first-order valence-electron chi connectivity index (χ1n) is 8.41. The van der Waals surface area contributed by atoms with Gasteiger partial charge in [0.25, 0.3) is 0 Å². The lowest BCUT2D eigenvalue weighted by Crippen LogP contribution is -2.42. The van der Waals surface area contributed by atoms with Crippen molar-refractivity contribution in [2.24, 2.45) is 0 Å². The van der Waals surface area contributed by atoms with Gasteiger partial charge in [0.15, 0.2) is 0 Å². The lowest BCUT2D eigenvalue weighted by atomic mass is 10.2. The highest BCUT2D eigenvalue weighted by atomic mass is 32.2. The van der Waals surface area contributed by atoms with E-state index in [1.54, 1.807) is 26.0 Å². The molecular formula is C17H26N2O5S. The van der Waals surface area contributed by atoms with Crippen molar-refractivity contribution in [3.8, 4) is 5.75 Å². The van der Waals surface area contributed by atoms with Crippen LogP contribution in [0.3, 0.4) is 0 Å². The fourth-order valence-corrected chi connectivity index (χ4v) is 4.27. The number of carbonyl (C=O) groups excluding carboxylic acids is 1. The van der Waals surface area contributed by atoms with Gasteiger partial charge in [-0.05, 0) is 43.5 Å². The molecule has 0 spiro atoms. The summed E-state index contributed by atoms with van der Waals surface area (Å²) in [5.74, 6) is 0.294. The largest absolute Gasteiger partial charge is 0.496 e. The van der Waals surface area contributed by atoms with E-state index in [9.17, 15) is 13.2 Å². The number of sulfonamides is 1. The second kappa shape index (κ2) is 8.64. The predicted octanol–water partition coefficient (Wildman–Crippen LogP) is 1.31. The van der Waals surface area contributed by atoms with Crippen molar-refractivity contribution >= 4 is 15.9 Å². The van der Waals surface area contributed by atoms with E-state index < -0.39 is 10.0 Å². The van der Waals surface area contributed by atoms with E-state index in [1.165, 1.54) is 17.5 Å². The van der Waals surface area contributed by atoms with Crippen LogP contribution in [0.25, 0.3) is 0 Å². The number of carbonyl (C=O) groups is 1. The van der Waals surface area contributed by atoms with Crippen molar-refractivity contribution in [2.45, 2.75) is 37.7 Å². The average Bonchev–Trinajstić information content (AvgIpc) is 3.11. The van der Waals surface area contributed by atoms with Crippen molar-refractivity contribution in [1.82, 2.24) is 9.62 Å². The highest BCUT2D eigenvalue weighted by Crippen LogP contribution is 2.23. The third-order valence-electron chi connectivity index (χ3n) is 4.23. The monoisotopic (exact) mass is 370 g/mol. The number of aryl methyl sites for hydroxylation is 1. The Morgan fingerprint density at radius 2 is 2.20 bits per heavy atom. The Labute approximate surface area is 149 Å². The summed E-state index contributed by atoms with van der Waals surface area (Å²) < 4.78 is 37.4. The van der Waals surface area contributed by atoms with Gasteiger partial charge in [-0.15, -0.1) is 0 Å². The molecular weight excluding hydrogens is 344 g/mol. The van der Waals surface area contributed by atoms with Gasteiger partial charge in [-0.25, -0.2) is 8.42 Å². The van der Waals surface area contributed by atoms with Gasteiger partial charge in [-0.3, -0.25) is 4.79 Å². The fourth-order valence-electron chi connectivity index (χ4n) is 2.78. The van der Waals surface area contributed by atoms with Gasteiger partial charge in [0, 0.05) is 19.7 Å². The van der Waals surface area contributed by atoms with Crippen LogP contribution in [-0.2, 0) is 19.6 Å². The Hall–Kier alpha value is -1.64. The number of hydrogen-bond donors (Lipinski definition) is 1. The van der Waals surface area contributed by atoms with Gasteiger partial charge in [-0.1, -0.05) is 6.92 Å². The first-order valence-corrected chi connectivity index (χ1v) is 9.85. The molecule has 0 bridgehead atoms. The van der Waals surface area contributed by atoms with Crippen molar-refractivity contribution in [3.05, 3.63) is 23.8 Å². The van der Waals surface area contributed by atoms with E-state index >= 15 is 0 Å². The molecule has 0 saturated carbocycles. The molecule has 8 heteroatoms. The molecule has 140 valence electrons. The van der Waals surface area contributed by atoms with Crippen LogP contribution in [0.15, 0.2) is 23.1 Å². The Balaban J connectivity index is 2.04. The normalized spacial score (nSPS) is 17.7. The number of nitrogens with zero attached hydrogens (tertiary/aromatic N) is 1. The zero-order valence-corrected chi connectivity index (χ0v) is 15.8. The van der Waals surface area contributed by atoms with Crippen molar-refractivity contribution in [3.63, 3.8) is 0 Å². The molecule has 1 N–H and O–H groups in total. The van der Waals surface area contributed by atoms with Crippen LogP contribution in [0.1, 0.15) is 25.3 Å². The van der Waals surface area contributed by atoms with Crippen LogP contribution in [-0.4, -0.2) is 58.1 Å². The smallest absolute Gasteiger partial charge is 0.243 e. The number of methoxy groups -OCH3 is 1. The maximum absolute atomic E-state index is 12.8. The second-order valence-electron chi connectivity index (χ2n) is 6.00. The molecule has 25 heavy (non-hydrogen) atoms. The summed E-state index contributed by atoms with van der Waals surface area (Å²) in [4.78, 5) is 12.3. The summed E-state index contributed by atoms with van der Waals surface area (Å²) in [5.41, 5.74) is 0.725. The molecule has 1 saturated heterocycles. The Bertz CT molecular complexity index is 699. The van der Waals surface area contributed by atoms with E-state index in [0.717, 1.165) is 18.4 Å². The zero-order chi connectivity index (χ0) is 18.4. The lowest BCUT2D eigenvalue weighted by Gasteiger charge is -2.21. The Morgan fingerprint density at radius 1 is 1.44 bits per heavy atom. The molecule has 1 atom stereocenters. The number of nitrogens with one attached hydrogen (secondary N) is 1. The molecule has 0 unspecified atom stereocenters. The molecule has 1 aliphatic rings. The summed E-state index contributed by atoms with van der Waals surface area (Å²) >= 11 is 0. The van der Waals surface area contributed by atoms with Gasteiger partial charge < -0.3 is 14.8 Å². The molecule has 1 aromatic rings. The van der Waals surface area contributed by atoms with Gasteiger partial charge in [0.2, 0.25) is 15.9 Å². The first kappa shape index (κ1) is 19.7. The van der Waals surface area contributed by atoms with E-state index in [-0.39, 0.29) is 30.0 Å². The molecule has 0 aliphatic carbocycles. The molecule has 1 aliphatic heterocycles. The zero-order valence-electron chi connectivity index (χ0n) is 14.9. The highest BCUT2D eigenvalue weighted by Gasteiger charge is 2.26. The van der Waals surface area contributed by atoms with Crippen LogP contribution >= 0.6 is 0 Å². The summed E-state index contributed by atoms with van der Waals surface area (Å²) in [5, 5.41) is 2.75. The SMILES string of the molecule is CCN(CC(=O)NC[C@@H]1CCCO1)S(=O)(=O)c1ccc(OC)c(C)c1. The summed E-state index contributed by atoms with van der Waals surface area (Å²) in [6.45, 7) is 4.62. The topological polar surface area (TPSA) is 84.9 Å². The van der Waals surface area contributed by atoms with Crippen LogP contribution in [0, 0.1) is 6.92 Å². The number of hydrogen-bond acceptors (Lipinski definition) is 5. The Kier molecular flexibility index (Phi) is 6.80. The summed E-state index contributed by atoms with van der Waals surface area (Å²) in [6.07, 6.45) is 1.94. The molecule has 1 amide bonds. The molecule has 7 nitrogen and oxygen atoms in total. The second-order valence-corrected chi connectivity index (χ2v) is 7.94. The molecule has 1 heterocycles. The van der Waals surface area contributed by atoms with Gasteiger partial charge in [-0.2, -0.15) is 4.31 Å². The maximum atomic E-state index is 12.8. The average molecular weight is 370 g/mol. The van der Waals surface area contributed by atoms with E-state index in [4.69, 9.17) is 9.47 Å². The first-order chi connectivity index (χ1) is 11.9. The standard InChI is InChI=1S/C17H26N2O5S/c1-4-19(12-17(20)18-11-14-6-5-9-24-14)25(21,22)15-7-8-16(23-3)13(2)10-15/h7-8,10,14H,4-6,9,11-12H2,1-3H3,(H,18,20)/t14-/m0/s1. The summed E-state index contributed by atoms with van der Waals surface area (Å²) in [7, 11) is -2.21. The van der Waals surface area contributed by atoms with Gasteiger partial charge in [0.05, 0.1) is 24.7 Å². The highest BCUT2D eigenvalue weighted by molar-refractivity contribution is 7.89. The molecule has 0 aromatic heterocycles. The van der Waals surface area contributed by atoms with E-state index in [1.807, 2.05) is 0 Å². The number of amides is 1. The molecule has 0 radical (unpaired) electrons. The number of rotatable bonds is 8. The third-order valence-corrected chi connectivity index (χ3v) is 6.14. The quantitative estimate of drug-likeness (QED) is 0.746. The van der Waals surface area contributed by atoms with Crippen LogP contribution in [0.4, 0.5) is 0 Å². The van der Waals surface area contributed by atoms with Gasteiger partial charge >= 0.3 is 0 Å². The minimum absolute atomic E-state index is 0.0277. The minimum atomic E-state index is -3.75. The maximum Gasteiger partial charge on any atom is 0.243 e. The number of likely N-dealkylation sites (N-methyl/N-ethyl adjacent to an activating group) is 1. The van der Waals surface area contributed by atoms with Crippen molar-refractivity contribution in [1.29, 1.82) is 0 Å². The van der Waals surface area contributed by atoms with Crippen LogP contribution < -0.4 is 10.1 Å². The van der Waals surface area contributed by atoms with E-state index in [2.05, 4.69) is 5.32 Å². The van der Waals surface area contributed by atoms with Crippen molar-refractivity contribution in [2.75, 3.05) is 33.4 Å². The van der Waals surface area contributed by atoms with Crippen LogP contribution in [0.5, 0.6) is 5.75 Å². The third kappa shape index (κ3) is 4.93. The molecule has 1 fully saturated rings. The van der Waals surface area contributed by atoms with Gasteiger partial charge in [0.1, 0.15) is 5.75 Å². The summed E-state index contributed by atoms with van der Waals surface area (Å²) in [6, 6.07) is 4.67. The predicted molar refractivity (Wildman–Crippen MR) is 94.1 cm³/mol. The van der Waals surface area contributed by atoms with Crippen LogP contribution in [0.2, 0.25) is 0 Å². The lowest BCUT2D eigenvalue weighted by molar-refractivity contribution is -0.121. The number of ether oxygens (including phenoxy) is 2. The minimum Gasteiger partial charge on any atom is -0.496 e. The fraction of sp³-hybridized carbons (Fsp3) is 0.588. The van der Waals surface area contributed by atoms with E-state index in [0.29, 0.717) is 18.9 Å².